The average molecular weight is 213 g/mol. The molecule has 0 amide bonds. The standard InChI is InChI=1S/C15H19N/c1-7-10-11-14(8-2)15(9-3)16-13(6)12(4)5/h7-11H,1,3-4,6H2,2,5H3/b11-10-,14-8+,16-15?. The molecule has 0 saturated carbocycles. The lowest BCUT2D eigenvalue weighted by Gasteiger charge is -2.04. The number of hydrogen-bond acceptors (Lipinski definition) is 1. The van der Waals surface area contributed by atoms with Crippen LogP contribution in [0.1, 0.15) is 13.8 Å². The largest absolute Gasteiger partial charge is 0.249 e. The van der Waals surface area contributed by atoms with Gasteiger partial charge in [0.2, 0.25) is 0 Å². The smallest absolute Gasteiger partial charge is 0.0699 e. The van der Waals surface area contributed by atoms with E-state index < -0.39 is 0 Å². The second-order valence-electron chi connectivity index (χ2n) is 3.27. The summed E-state index contributed by atoms with van der Waals surface area (Å²) in [7, 11) is 0. The first-order valence-corrected chi connectivity index (χ1v) is 5.08. The van der Waals surface area contributed by atoms with E-state index in [1.54, 1.807) is 12.2 Å². The van der Waals surface area contributed by atoms with E-state index in [-0.39, 0.29) is 0 Å². The van der Waals surface area contributed by atoms with Gasteiger partial charge in [-0.15, -0.1) is 0 Å². The summed E-state index contributed by atoms with van der Waals surface area (Å²) in [5.74, 6) is 0. The van der Waals surface area contributed by atoms with Gasteiger partial charge in [-0.25, -0.2) is 4.99 Å². The molecule has 0 aromatic carbocycles. The highest BCUT2D eigenvalue weighted by molar-refractivity contribution is 6.10. The third-order valence-corrected chi connectivity index (χ3v) is 1.96. The molecule has 0 bridgehead atoms. The van der Waals surface area contributed by atoms with Crippen LogP contribution in [0.3, 0.4) is 0 Å². The molecule has 0 radical (unpaired) electrons. The minimum atomic E-state index is 0.668. The molecule has 0 heterocycles. The number of hydrogen-bond donors (Lipinski definition) is 0. The van der Waals surface area contributed by atoms with Crippen molar-refractivity contribution in [3.63, 3.8) is 0 Å². The van der Waals surface area contributed by atoms with Crippen molar-refractivity contribution in [1.82, 2.24) is 0 Å². The van der Waals surface area contributed by atoms with Gasteiger partial charge in [0.25, 0.3) is 0 Å². The minimum Gasteiger partial charge on any atom is -0.249 e. The molecule has 0 unspecified atom stereocenters. The summed E-state index contributed by atoms with van der Waals surface area (Å²) in [6.07, 6.45) is 9.18. The highest BCUT2D eigenvalue weighted by atomic mass is 14.8. The molecule has 0 aromatic heterocycles. The lowest BCUT2D eigenvalue weighted by molar-refractivity contribution is 1.31. The molecule has 0 aliphatic heterocycles. The Balaban J connectivity index is 5.19. The van der Waals surface area contributed by atoms with Crippen LogP contribution in [0.4, 0.5) is 0 Å². The van der Waals surface area contributed by atoms with Crippen LogP contribution in [0.5, 0.6) is 0 Å². The summed E-state index contributed by atoms with van der Waals surface area (Å²) in [5.41, 5.74) is 3.29. The van der Waals surface area contributed by atoms with Crippen LogP contribution < -0.4 is 0 Å². The number of rotatable bonds is 6. The average Bonchev–Trinajstić information content (AvgIpc) is 2.27. The Bertz CT molecular complexity index is 390. The first kappa shape index (κ1) is 14.1. The maximum absolute atomic E-state index is 4.37. The second kappa shape index (κ2) is 7.41. The maximum atomic E-state index is 4.37. The molecule has 0 rings (SSSR count). The number of aliphatic imine (C=N–C) groups is 1. The van der Waals surface area contributed by atoms with Crippen LogP contribution >= 0.6 is 0 Å². The molecule has 0 aliphatic carbocycles. The molecule has 1 nitrogen and oxygen atoms in total. The predicted molar refractivity (Wildman–Crippen MR) is 74.7 cm³/mol. The van der Waals surface area contributed by atoms with Gasteiger partial charge in [0.05, 0.1) is 11.4 Å². The van der Waals surface area contributed by atoms with E-state index >= 15 is 0 Å². The first-order chi connectivity index (χ1) is 7.56. The Morgan fingerprint density at radius 3 is 2.19 bits per heavy atom. The van der Waals surface area contributed by atoms with Gasteiger partial charge in [-0.3, -0.25) is 0 Å². The molecular weight excluding hydrogens is 194 g/mol. The highest BCUT2D eigenvalue weighted by Crippen LogP contribution is 2.10. The van der Waals surface area contributed by atoms with Gasteiger partial charge < -0.3 is 0 Å². The zero-order valence-corrected chi connectivity index (χ0v) is 10.2. The topological polar surface area (TPSA) is 12.4 Å². The van der Waals surface area contributed by atoms with Gasteiger partial charge in [0, 0.05) is 0 Å². The summed E-state index contributed by atoms with van der Waals surface area (Å²) in [6.45, 7) is 18.8. The fourth-order valence-electron chi connectivity index (χ4n) is 0.970. The van der Waals surface area contributed by atoms with E-state index in [4.69, 9.17) is 0 Å². The fraction of sp³-hybridized carbons (Fsp3) is 0.133. The first-order valence-electron chi connectivity index (χ1n) is 5.08. The second-order valence-corrected chi connectivity index (χ2v) is 3.27. The zero-order chi connectivity index (χ0) is 12.6. The van der Waals surface area contributed by atoms with E-state index in [0.29, 0.717) is 5.70 Å². The van der Waals surface area contributed by atoms with Crippen LogP contribution in [0, 0.1) is 0 Å². The van der Waals surface area contributed by atoms with Gasteiger partial charge in [-0.1, -0.05) is 50.6 Å². The van der Waals surface area contributed by atoms with Gasteiger partial charge in [-0.2, -0.15) is 0 Å². The normalized spacial score (nSPS) is 12.6. The molecular formula is C15H19N. The van der Waals surface area contributed by atoms with Crippen molar-refractivity contribution in [2.75, 3.05) is 0 Å². The summed E-state index contributed by atoms with van der Waals surface area (Å²) in [4.78, 5) is 4.37. The quantitative estimate of drug-likeness (QED) is 0.458. The zero-order valence-electron chi connectivity index (χ0n) is 10.2. The number of allylic oxidation sites excluding steroid dienone is 7. The Hall–Kier alpha value is -1.89. The van der Waals surface area contributed by atoms with Crippen LogP contribution in [-0.4, -0.2) is 5.71 Å². The maximum Gasteiger partial charge on any atom is 0.0699 e. The molecule has 0 aromatic rings. The van der Waals surface area contributed by atoms with Crippen molar-refractivity contribution in [2.45, 2.75) is 13.8 Å². The molecule has 0 fully saturated rings. The van der Waals surface area contributed by atoms with Gasteiger partial charge in [0.1, 0.15) is 0 Å². The molecule has 16 heavy (non-hydrogen) atoms. The monoisotopic (exact) mass is 213 g/mol. The van der Waals surface area contributed by atoms with Gasteiger partial charge >= 0.3 is 0 Å². The summed E-state index contributed by atoms with van der Waals surface area (Å²) in [5, 5.41) is 0. The highest BCUT2D eigenvalue weighted by Gasteiger charge is 2.00. The molecule has 0 saturated heterocycles. The third-order valence-electron chi connectivity index (χ3n) is 1.96. The van der Waals surface area contributed by atoms with Crippen molar-refractivity contribution in [1.29, 1.82) is 0 Å². The van der Waals surface area contributed by atoms with Crippen LogP contribution in [-0.2, 0) is 0 Å². The number of nitrogens with zero attached hydrogens (tertiary/aromatic N) is 1. The summed E-state index contributed by atoms with van der Waals surface area (Å²) in [6, 6.07) is 0. The van der Waals surface area contributed by atoms with Gasteiger partial charge in [-0.05, 0) is 31.1 Å². The Morgan fingerprint density at radius 2 is 1.81 bits per heavy atom. The Kier molecular flexibility index (Phi) is 6.53. The predicted octanol–water partition coefficient (Wildman–Crippen LogP) is 4.39. The SMILES string of the molecule is C=C/C=C\C(=C/C)C(C=C)=NC(=C)C(=C)C. The van der Waals surface area contributed by atoms with Crippen LogP contribution in [0.25, 0.3) is 0 Å². The van der Waals surface area contributed by atoms with Gasteiger partial charge in [0.15, 0.2) is 0 Å². The lowest BCUT2D eigenvalue weighted by atomic mass is 10.1. The molecule has 0 atom stereocenters. The van der Waals surface area contributed by atoms with Crippen molar-refractivity contribution in [3.8, 4) is 0 Å². The van der Waals surface area contributed by atoms with E-state index in [1.165, 1.54) is 0 Å². The van der Waals surface area contributed by atoms with E-state index in [0.717, 1.165) is 16.9 Å². The van der Waals surface area contributed by atoms with Crippen molar-refractivity contribution in [3.05, 3.63) is 73.5 Å². The van der Waals surface area contributed by atoms with Crippen LogP contribution in [0.2, 0.25) is 0 Å². The molecule has 0 aliphatic rings. The Morgan fingerprint density at radius 1 is 1.19 bits per heavy atom. The minimum absolute atomic E-state index is 0.668. The Labute approximate surface area is 98.6 Å². The molecule has 84 valence electrons. The summed E-state index contributed by atoms with van der Waals surface area (Å²) < 4.78 is 0. The van der Waals surface area contributed by atoms with Crippen molar-refractivity contribution < 1.29 is 0 Å². The molecule has 0 N–H and O–H groups in total. The lowest BCUT2D eigenvalue weighted by Crippen LogP contribution is -1.97. The fourth-order valence-corrected chi connectivity index (χ4v) is 0.970. The molecule has 0 spiro atoms. The summed E-state index contributed by atoms with van der Waals surface area (Å²) >= 11 is 0. The van der Waals surface area contributed by atoms with Crippen LogP contribution in [0.15, 0.2) is 78.5 Å². The van der Waals surface area contributed by atoms with Crippen molar-refractivity contribution in [2.24, 2.45) is 4.99 Å². The van der Waals surface area contributed by atoms with E-state index in [1.807, 2.05) is 32.1 Å². The molecule has 1 heteroatoms. The van der Waals surface area contributed by atoms with E-state index in [9.17, 15) is 0 Å². The van der Waals surface area contributed by atoms with E-state index in [2.05, 4.69) is 31.3 Å². The van der Waals surface area contributed by atoms with Crippen molar-refractivity contribution >= 4 is 5.71 Å². The third kappa shape index (κ3) is 4.56.